The van der Waals surface area contributed by atoms with Gasteiger partial charge in [0.15, 0.2) is 6.61 Å². The highest BCUT2D eigenvalue weighted by Crippen LogP contribution is 2.17. The predicted octanol–water partition coefficient (Wildman–Crippen LogP) is 2.69. The smallest absolute Gasteiger partial charge is 0.260 e. The number of carbonyl (C=O) groups is 1. The van der Waals surface area contributed by atoms with Gasteiger partial charge in [0.2, 0.25) is 0 Å². The van der Waals surface area contributed by atoms with Gasteiger partial charge in [-0.15, -0.1) is 0 Å². The van der Waals surface area contributed by atoms with Crippen molar-refractivity contribution in [3.05, 3.63) is 54.1 Å². The standard InChI is InChI=1S/C21H25NO5/c1-16-3-5-18(6-4-16)26-14-20-13-22(11-12-25-20)21(23)15-27-19-9-7-17(24-2)8-10-19/h3-10,20H,11-15H2,1-2H3/t20-/m1/s1. The van der Waals surface area contributed by atoms with Crippen LogP contribution in [0.15, 0.2) is 48.5 Å². The predicted molar refractivity (Wildman–Crippen MR) is 101 cm³/mol. The number of morpholine rings is 1. The van der Waals surface area contributed by atoms with E-state index in [1.807, 2.05) is 31.2 Å². The minimum absolute atomic E-state index is 0.00212. The lowest BCUT2D eigenvalue weighted by Crippen LogP contribution is -2.49. The summed E-state index contributed by atoms with van der Waals surface area (Å²) in [4.78, 5) is 14.2. The van der Waals surface area contributed by atoms with E-state index >= 15 is 0 Å². The Kier molecular flexibility index (Phi) is 6.54. The monoisotopic (exact) mass is 371 g/mol. The minimum Gasteiger partial charge on any atom is -0.497 e. The molecule has 2 aromatic carbocycles. The average Bonchev–Trinajstić information content (AvgIpc) is 2.72. The topological polar surface area (TPSA) is 57.2 Å². The summed E-state index contributed by atoms with van der Waals surface area (Å²) in [7, 11) is 1.61. The molecule has 0 saturated carbocycles. The van der Waals surface area contributed by atoms with Gasteiger partial charge in [-0.2, -0.15) is 0 Å². The summed E-state index contributed by atoms with van der Waals surface area (Å²) in [6, 6.07) is 15.0. The molecule has 0 spiro atoms. The molecule has 0 bridgehead atoms. The van der Waals surface area contributed by atoms with Gasteiger partial charge in [-0.05, 0) is 43.3 Å². The van der Waals surface area contributed by atoms with Gasteiger partial charge in [-0.3, -0.25) is 4.79 Å². The Morgan fingerprint density at radius 2 is 1.67 bits per heavy atom. The van der Waals surface area contributed by atoms with Crippen molar-refractivity contribution in [1.29, 1.82) is 0 Å². The maximum atomic E-state index is 12.4. The molecule has 1 aliphatic rings. The SMILES string of the molecule is COc1ccc(OCC(=O)N2CCO[C@@H](COc3ccc(C)cc3)C2)cc1. The van der Waals surface area contributed by atoms with Crippen LogP contribution in [0.3, 0.4) is 0 Å². The van der Waals surface area contributed by atoms with Gasteiger partial charge >= 0.3 is 0 Å². The van der Waals surface area contributed by atoms with E-state index in [1.165, 1.54) is 5.56 Å². The van der Waals surface area contributed by atoms with Crippen molar-refractivity contribution in [2.45, 2.75) is 13.0 Å². The van der Waals surface area contributed by atoms with Crippen LogP contribution in [-0.2, 0) is 9.53 Å². The number of aryl methyl sites for hydroxylation is 1. The third-order valence-corrected chi connectivity index (χ3v) is 4.37. The molecule has 1 heterocycles. The summed E-state index contributed by atoms with van der Waals surface area (Å²) >= 11 is 0. The summed E-state index contributed by atoms with van der Waals surface area (Å²) in [5.74, 6) is 2.12. The fourth-order valence-corrected chi connectivity index (χ4v) is 2.78. The van der Waals surface area contributed by atoms with Crippen LogP contribution in [0.25, 0.3) is 0 Å². The molecule has 2 aromatic rings. The molecule has 3 rings (SSSR count). The van der Waals surface area contributed by atoms with Crippen LogP contribution in [0.5, 0.6) is 17.2 Å². The third kappa shape index (κ3) is 5.62. The quantitative estimate of drug-likeness (QED) is 0.749. The number of hydrogen-bond donors (Lipinski definition) is 0. The van der Waals surface area contributed by atoms with Crippen LogP contribution >= 0.6 is 0 Å². The molecule has 27 heavy (non-hydrogen) atoms. The molecule has 6 nitrogen and oxygen atoms in total. The summed E-state index contributed by atoms with van der Waals surface area (Å²) in [6.45, 7) is 3.99. The molecule has 6 heteroatoms. The number of benzene rings is 2. The van der Waals surface area contributed by atoms with Crippen molar-refractivity contribution in [2.75, 3.05) is 40.0 Å². The van der Waals surface area contributed by atoms with E-state index < -0.39 is 0 Å². The number of nitrogens with zero attached hydrogens (tertiary/aromatic N) is 1. The first-order chi connectivity index (χ1) is 13.1. The van der Waals surface area contributed by atoms with Crippen molar-refractivity contribution >= 4 is 5.91 Å². The highest BCUT2D eigenvalue weighted by atomic mass is 16.5. The molecule has 1 saturated heterocycles. The van der Waals surface area contributed by atoms with Gasteiger partial charge in [0.25, 0.3) is 5.91 Å². The zero-order valence-corrected chi connectivity index (χ0v) is 15.7. The normalized spacial score (nSPS) is 16.7. The van der Waals surface area contributed by atoms with Gasteiger partial charge in [0.05, 0.1) is 20.3 Å². The van der Waals surface area contributed by atoms with E-state index in [-0.39, 0.29) is 18.6 Å². The molecule has 0 unspecified atom stereocenters. The third-order valence-electron chi connectivity index (χ3n) is 4.37. The zero-order valence-electron chi connectivity index (χ0n) is 15.7. The minimum atomic E-state index is -0.148. The Bertz CT molecular complexity index is 729. The van der Waals surface area contributed by atoms with E-state index in [1.54, 1.807) is 36.3 Å². The Labute approximate surface area is 159 Å². The van der Waals surface area contributed by atoms with E-state index in [2.05, 4.69) is 0 Å². The molecule has 144 valence electrons. The first-order valence-electron chi connectivity index (χ1n) is 9.00. The largest absolute Gasteiger partial charge is 0.497 e. The highest BCUT2D eigenvalue weighted by molar-refractivity contribution is 5.77. The second-order valence-electron chi connectivity index (χ2n) is 6.42. The molecule has 1 aliphatic heterocycles. The summed E-state index contributed by atoms with van der Waals surface area (Å²) in [5, 5.41) is 0. The molecule has 1 atom stereocenters. The Balaban J connectivity index is 1.44. The Hall–Kier alpha value is -2.73. The number of amides is 1. The molecular formula is C21H25NO5. The molecule has 0 aliphatic carbocycles. The summed E-state index contributed by atoms with van der Waals surface area (Å²) in [5.41, 5.74) is 1.19. The Morgan fingerprint density at radius 3 is 2.37 bits per heavy atom. The van der Waals surface area contributed by atoms with Gasteiger partial charge in [0, 0.05) is 6.54 Å². The number of ether oxygens (including phenoxy) is 4. The van der Waals surface area contributed by atoms with Crippen LogP contribution in [0.4, 0.5) is 0 Å². The van der Waals surface area contributed by atoms with Crippen LogP contribution in [0.2, 0.25) is 0 Å². The second kappa shape index (κ2) is 9.28. The highest BCUT2D eigenvalue weighted by Gasteiger charge is 2.25. The number of rotatable bonds is 7. The molecule has 0 aromatic heterocycles. The van der Waals surface area contributed by atoms with Crippen molar-refractivity contribution < 1.29 is 23.7 Å². The number of hydrogen-bond acceptors (Lipinski definition) is 5. The maximum absolute atomic E-state index is 12.4. The van der Waals surface area contributed by atoms with Crippen molar-refractivity contribution in [3.63, 3.8) is 0 Å². The van der Waals surface area contributed by atoms with Crippen molar-refractivity contribution in [2.24, 2.45) is 0 Å². The van der Waals surface area contributed by atoms with Crippen LogP contribution in [0.1, 0.15) is 5.56 Å². The lowest BCUT2D eigenvalue weighted by atomic mass is 10.2. The van der Waals surface area contributed by atoms with Gasteiger partial charge < -0.3 is 23.8 Å². The zero-order chi connectivity index (χ0) is 19.1. The van der Waals surface area contributed by atoms with Crippen LogP contribution in [0, 0.1) is 6.92 Å². The fraction of sp³-hybridized carbons (Fsp3) is 0.381. The van der Waals surface area contributed by atoms with E-state index in [4.69, 9.17) is 18.9 Å². The molecule has 0 N–H and O–H groups in total. The first-order valence-corrected chi connectivity index (χ1v) is 9.00. The second-order valence-corrected chi connectivity index (χ2v) is 6.42. The average molecular weight is 371 g/mol. The molecule has 1 fully saturated rings. The van der Waals surface area contributed by atoms with Gasteiger partial charge in [-0.1, -0.05) is 17.7 Å². The van der Waals surface area contributed by atoms with Gasteiger partial charge in [-0.25, -0.2) is 0 Å². The first kappa shape index (κ1) is 19.0. The molecular weight excluding hydrogens is 346 g/mol. The molecule has 0 radical (unpaired) electrons. The van der Waals surface area contributed by atoms with Crippen molar-refractivity contribution in [1.82, 2.24) is 4.90 Å². The number of methoxy groups -OCH3 is 1. The van der Waals surface area contributed by atoms with E-state index in [9.17, 15) is 4.79 Å². The van der Waals surface area contributed by atoms with Crippen LogP contribution < -0.4 is 14.2 Å². The lowest BCUT2D eigenvalue weighted by molar-refractivity contribution is -0.142. The molecule has 1 amide bonds. The lowest BCUT2D eigenvalue weighted by Gasteiger charge is -2.32. The maximum Gasteiger partial charge on any atom is 0.260 e. The summed E-state index contributed by atoms with van der Waals surface area (Å²) in [6.07, 6.45) is -0.148. The van der Waals surface area contributed by atoms with Crippen molar-refractivity contribution in [3.8, 4) is 17.2 Å². The summed E-state index contributed by atoms with van der Waals surface area (Å²) < 4.78 is 22.2. The van der Waals surface area contributed by atoms with Gasteiger partial charge in [0.1, 0.15) is 30.0 Å². The number of carbonyl (C=O) groups excluding carboxylic acids is 1. The Morgan fingerprint density at radius 1 is 1.04 bits per heavy atom. The van der Waals surface area contributed by atoms with E-state index in [0.29, 0.717) is 32.1 Å². The fourth-order valence-electron chi connectivity index (χ4n) is 2.78. The van der Waals surface area contributed by atoms with E-state index in [0.717, 1.165) is 11.5 Å². The van der Waals surface area contributed by atoms with Crippen LogP contribution in [-0.4, -0.2) is 56.9 Å².